The van der Waals surface area contributed by atoms with Crippen molar-refractivity contribution in [3.8, 4) is 0 Å². The third kappa shape index (κ3) is 22.0. The zero-order valence-corrected chi connectivity index (χ0v) is 23.0. The summed E-state index contributed by atoms with van der Waals surface area (Å²) in [6.07, 6.45) is 4.76. The largest absolute Gasteiger partial charge is 0.315 e. The Labute approximate surface area is 195 Å². The van der Waals surface area contributed by atoms with Gasteiger partial charge in [-0.25, -0.2) is 8.78 Å². The highest BCUT2D eigenvalue weighted by molar-refractivity contribution is 5.26. The van der Waals surface area contributed by atoms with Crippen molar-refractivity contribution < 1.29 is 8.78 Å². The summed E-state index contributed by atoms with van der Waals surface area (Å²) in [4.78, 5) is 2.42. The molecule has 1 saturated heterocycles. The van der Waals surface area contributed by atoms with Gasteiger partial charge in [-0.05, 0) is 51.0 Å². The predicted octanol–water partition coefficient (Wildman–Crippen LogP) is 8.55. The number of nitrogens with zero attached hydrogens (tertiary/aromatic N) is 1. The maximum atomic E-state index is 12.8. The molecule has 1 aliphatic rings. The van der Waals surface area contributed by atoms with Crippen LogP contribution in [0.1, 0.15) is 107 Å². The monoisotopic (exact) mass is 446 g/mol. The molecule has 1 unspecified atom stereocenters. The van der Waals surface area contributed by atoms with E-state index in [0.717, 1.165) is 24.9 Å². The second kappa shape index (κ2) is 27.0. The van der Waals surface area contributed by atoms with Gasteiger partial charge in [0.25, 0.3) is 5.92 Å². The number of alkyl halides is 2. The number of hydrogen-bond donors (Lipinski definition) is 1. The zero-order chi connectivity index (χ0) is 25.3. The molecule has 0 aromatic heterocycles. The van der Waals surface area contributed by atoms with Gasteiger partial charge in [0.1, 0.15) is 0 Å². The van der Waals surface area contributed by atoms with Crippen LogP contribution in [0.25, 0.3) is 0 Å². The molecule has 0 radical (unpaired) electrons. The molecule has 31 heavy (non-hydrogen) atoms. The third-order valence-corrected chi connectivity index (χ3v) is 4.24. The summed E-state index contributed by atoms with van der Waals surface area (Å²) in [6.45, 7) is 24.9. The molecule has 1 atom stereocenters. The van der Waals surface area contributed by atoms with Crippen molar-refractivity contribution >= 4 is 0 Å². The standard InChI is InChI=1S/C10H12F2.C8H18N2.C3H8.3C2H6/c1-3-8-5-4-6-9(7-8)10(2,11)12;1-3-10(2)8-5-4-6-9-7-8;1-3-2;3*1-2/h4-7H,3H2,1-2H3;8-9H,3-7H2,1-2H3;3H2,1-2H3;3*1-2H3. The van der Waals surface area contributed by atoms with Crippen LogP contribution in [-0.4, -0.2) is 37.6 Å². The van der Waals surface area contributed by atoms with Gasteiger partial charge in [0, 0.05) is 25.1 Å². The van der Waals surface area contributed by atoms with Gasteiger partial charge in [-0.3, -0.25) is 0 Å². The summed E-state index contributed by atoms with van der Waals surface area (Å²) in [6, 6.07) is 7.33. The first-order valence-corrected chi connectivity index (χ1v) is 12.7. The number of hydrogen-bond acceptors (Lipinski definition) is 2. The minimum atomic E-state index is -2.72. The van der Waals surface area contributed by atoms with Crippen LogP contribution < -0.4 is 5.32 Å². The first kappa shape index (κ1) is 37.3. The molecule has 1 aromatic rings. The zero-order valence-electron chi connectivity index (χ0n) is 23.0. The van der Waals surface area contributed by atoms with Crippen molar-refractivity contribution in [2.24, 2.45) is 0 Å². The number of benzene rings is 1. The minimum Gasteiger partial charge on any atom is -0.315 e. The normalized spacial score (nSPS) is 14.5. The molecule has 2 rings (SSSR count). The molecule has 0 aliphatic carbocycles. The summed E-state index contributed by atoms with van der Waals surface area (Å²) in [7, 11) is 2.21. The van der Waals surface area contributed by atoms with Crippen LogP contribution in [0, 0.1) is 0 Å². The quantitative estimate of drug-likeness (QED) is 0.498. The van der Waals surface area contributed by atoms with Crippen LogP contribution in [0.3, 0.4) is 0 Å². The van der Waals surface area contributed by atoms with E-state index >= 15 is 0 Å². The topological polar surface area (TPSA) is 15.3 Å². The van der Waals surface area contributed by atoms with E-state index < -0.39 is 5.92 Å². The van der Waals surface area contributed by atoms with Crippen LogP contribution in [0.2, 0.25) is 0 Å². The van der Waals surface area contributed by atoms with E-state index in [1.165, 1.54) is 45.0 Å². The van der Waals surface area contributed by atoms with Crippen molar-refractivity contribution in [2.45, 2.75) is 114 Å². The molecule has 2 nitrogen and oxygen atoms in total. The van der Waals surface area contributed by atoms with E-state index in [4.69, 9.17) is 0 Å². The van der Waals surface area contributed by atoms with Gasteiger partial charge in [0.05, 0.1) is 0 Å². The number of piperidine rings is 1. The Morgan fingerprint density at radius 2 is 1.52 bits per heavy atom. The Hall–Kier alpha value is -1.00. The minimum absolute atomic E-state index is 0.0989. The third-order valence-electron chi connectivity index (χ3n) is 4.24. The van der Waals surface area contributed by atoms with E-state index in [9.17, 15) is 8.78 Å². The van der Waals surface area contributed by atoms with Gasteiger partial charge in [-0.2, -0.15) is 0 Å². The lowest BCUT2D eigenvalue weighted by atomic mass is 10.1. The molecular formula is C27H56F2N2. The number of likely N-dealkylation sites (N-methyl/N-ethyl adjacent to an activating group) is 1. The highest BCUT2D eigenvalue weighted by Crippen LogP contribution is 2.27. The van der Waals surface area contributed by atoms with Crippen molar-refractivity contribution in [3.05, 3.63) is 35.4 Å². The van der Waals surface area contributed by atoms with Crippen molar-refractivity contribution in [2.75, 3.05) is 26.7 Å². The summed E-state index contributed by atoms with van der Waals surface area (Å²) in [5.74, 6) is -2.72. The second-order valence-corrected chi connectivity index (χ2v) is 6.72. The van der Waals surface area contributed by atoms with Gasteiger partial charge in [-0.1, -0.05) is 93.9 Å². The maximum Gasteiger partial charge on any atom is 0.270 e. The summed E-state index contributed by atoms with van der Waals surface area (Å²) >= 11 is 0. The van der Waals surface area contributed by atoms with E-state index in [1.807, 2.05) is 54.5 Å². The van der Waals surface area contributed by atoms with Gasteiger partial charge in [0.2, 0.25) is 0 Å². The summed E-state index contributed by atoms with van der Waals surface area (Å²) < 4.78 is 25.5. The fraction of sp³-hybridized carbons (Fsp3) is 0.778. The van der Waals surface area contributed by atoms with Crippen molar-refractivity contribution in [1.29, 1.82) is 0 Å². The summed E-state index contributed by atoms with van der Waals surface area (Å²) in [5, 5.41) is 3.41. The molecule has 0 saturated carbocycles. The fourth-order valence-corrected chi connectivity index (χ4v) is 2.53. The molecule has 4 heteroatoms. The Morgan fingerprint density at radius 3 is 1.87 bits per heavy atom. The number of aryl methyl sites for hydroxylation is 1. The molecule has 1 heterocycles. The van der Waals surface area contributed by atoms with Crippen LogP contribution in [0.15, 0.2) is 24.3 Å². The van der Waals surface area contributed by atoms with Gasteiger partial charge >= 0.3 is 0 Å². The van der Waals surface area contributed by atoms with Crippen molar-refractivity contribution in [3.63, 3.8) is 0 Å². The lowest BCUT2D eigenvalue weighted by Gasteiger charge is -2.30. The van der Waals surface area contributed by atoms with E-state index in [-0.39, 0.29) is 5.56 Å². The molecule has 188 valence electrons. The molecule has 0 bridgehead atoms. The predicted molar refractivity (Wildman–Crippen MR) is 140 cm³/mol. The van der Waals surface area contributed by atoms with Gasteiger partial charge < -0.3 is 10.2 Å². The number of halogens is 2. The Morgan fingerprint density at radius 1 is 1.00 bits per heavy atom. The maximum absolute atomic E-state index is 12.8. The lowest BCUT2D eigenvalue weighted by molar-refractivity contribution is 0.0174. The molecule has 1 fully saturated rings. The molecule has 1 N–H and O–H groups in total. The van der Waals surface area contributed by atoms with E-state index in [2.05, 4.69) is 38.0 Å². The van der Waals surface area contributed by atoms with Gasteiger partial charge in [-0.15, -0.1) is 0 Å². The lowest BCUT2D eigenvalue weighted by Crippen LogP contribution is -2.43. The van der Waals surface area contributed by atoms with Crippen molar-refractivity contribution in [1.82, 2.24) is 10.2 Å². The Bertz CT molecular complexity index is 439. The van der Waals surface area contributed by atoms with Crippen LogP contribution in [0.5, 0.6) is 0 Å². The smallest absolute Gasteiger partial charge is 0.270 e. The fourth-order valence-electron chi connectivity index (χ4n) is 2.53. The summed E-state index contributed by atoms with van der Waals surface area (Å²) in [5.41, 5.74) is 1.05. The molecule has 1 aromatic carbocycles. The molecular weight excluding hydrogens is 390 g/mol. The SMILES string of the molecule is CC.CC.CC.CCC.CCN(C)C1CCCNC1.CCc1cccc(C(C)(F)F)c1. The van der Waals surface area contributed by atoms with Crippen LogP contribution in [-0.2, 0) is 12.3 Å². The highest BCUT2D eigenvalue weighted by Gasteiger charge is 2.23. The molecule has 0 spiro atoms. The van der Waals surface area contributed by atoms with E-state index in [1.54, 1.807) is 12.1 Å². The second-order valence-electron chi connectivity index (χ2n) is 6.72. The first-order chi connectivity index (χ1) is 14.8. The van der Waals surface area contributed by atoms with Gasteiger partial charge in [0.15, 0.2) is 0 Å². The Balaban J connectivity index is -0.000000173. The molecule has 1 aliphatic heterocycles. The van der Waals surface area contributed by atoms with E-state index in [0.29, 0.717) is 0 Å². The number of rotatable bonds is 4. The van der Waals surface area contributed by atoms with Crippen LogP contribution >= 0.6 is 0 Å². The average Bonchev–Trinajstić information content (AvgIpc) is 2.83. The van der Waals surface area contributed by atoms with Crippen LogP contribution in [0.4, 0.5) is 8.78 Å². The first-order valence-electron chi connectivity index (χ1n) is 12.7. The number of nitrogens with one attached hydrogen (secondary N) is 1. The Kier molecular flexibility index (Phi) is 32.5. The molecule has 0 amide bonds. The highest BCUT2D eigenvalue weighted by atomic mass is 19.3. The average molecular weight is 447 g/mol.